The van der Waals surface area contributed by atoms with Crippen LogP contribution < -0.4 is 32.1 Å². The molecule has 1 saturated heterocycles. The molecule has 1 spiro atoms. The number of hydrogen-bond donors (Lipinski definition) is 3. The number of imidazole rings is 1. The molecule has 1 aromatic carbocycles. The van der Waals surface area contributed by atoms with Crippen molar-refractivity contribution in [2.45, 2.75) is 47.9 Å². The Kier molecular flexibility index (Phi) is 7.30. The van der Waals surface area contributed by atoms with Crippen molar-refractivity contribution in [1.82, 2.24) is 23.8 Å². The lowest BCUT2D eigenvalue weighted by molar-refractivity contribution is 0.197. The zero-order chi connectivity index (χ0) is 30.4. The molecule has 0 bridgehead atoms. The number of pyridine rings is 1. The topological polar surface area (TPSA) is 143 Å². The first kappa shape index (κ1) is 28.4. The van der Waals surface area contributed by atoms with E-state index in [2.05, 4.69) is 20.2 Å². The monoisotopic (exact) mass is 628 g/mol. The van der Waals surface area contributed by atoms with Crippen LogP contribution in [-0.2, 0) is 4.79 Å². The van der Waals surface area contributed by atoms with E-state index in [1.807, 2.05) is 22.9 Å². The van der Waals surface area contributed by atoms with Crippen LogP contribution in [0.1, 0.15) is 32.1 Å². The highest BCUT2D eigenvalue weighted by Crippen LogP contribution is 2.46. The molecule has 4 aromatic heterocycles. The van der Waals surface area contributed by atoms with Gasteiger partial charge in [0.05, 0.1) is 15.6 Å². The van der Waals surface area contributed by atoms with E-state index in [1.54, 1.807) is 48.7 Å². The predicted molar refractivity (Wildman–Crippen MR) is 169 cm³/mol. The molecule has 1 saturated carbocycles. The van der Waals surface area contributed by atoms with Crippen LogP contribution in [-0.4, -0.2) is 53.9 Å². The first-order valence-corrected chi connectivity index (χ1v) is 15.6. The molecule has 0 radical (unpaired) electrons. The number of nitrogens with zero attached hydrogens (tertiary/aromatic N) is 6. The van der Waals surface area contributed by atoms with Crippen molar-refractivity contribution in [2.24, 2.45) is 11.1 Å². The minimum atomic E-state index is -0.774. The Hall–Kier alpha value is -4.35. The van der Waals surface area contributed by atoms with Crippen molar-refractivity contribution in [2.75, 3.05) is 23.3 Å². The van der Waals surface area contributed by atoms with Gasteiger partial charge in [-0.2, -0.15) is 4.98 Å². The number of fused-ring (bicyclic) bond motifs is 2. The maximum absolute atomic E-state index is 12.8. The fraction of sp³-hybridized carbons (Fsp3) is 0.290. The van der Waals surface area contributed by atoms with E-state index >= 15 is 0 Å². The van der Waals surface area contributed by atoms with E-state index in [0.29, 0.717) is 15.6 Å². The molecule has 0 unspecified atom stereocenters. The zero-order valence-corrected chi connectivity index (χ0v) is 25.2. The number of nitrogens with two attached hydrogens (primary N) is 1. The highest BCUT2D eigenvalue weighted by atomic mass is 35.5. The van der Waals surface area contributed by atoms with Gasteiger partial charge in [0.25, 0.3) is 5.56 Å². The molecule has 1 aliphatic carbocycles. The zero-order valence-electron chi connectivity index (χ0n) is 23.6. The van der Waals surface area contributed by atoms with E-state index in [0.717, 1.165) is 48.8 Å². The molecule has 224 valence electrons. The molecule has 4 N–H and O–H groups in total. The maximum Gasteiger partial charge on any atom is 0.287 e. The second-order valence-corrected chi connectivity index (χ2v) is 12.7. The summed E-state index contributed by atoms with van der Waals surface area (Å²) >= 11 is 8.18. The van der Waals surface area contributed by atoms with Crippen molar-refractivity contribution in [3.05, 3.63) is 87.1 Å². The van der Waals surface area contributed by atoms with E-state index in [1.165, 1.54) is 29.0 Å². The van der Waals surface area contributed by atoms with Crippen LogP contribution in [0.2, 0.25) is 5.02 Å². The molecular formula is C31H29ClN8O3S. The van der Waals surface area contributed by atoms with Gasteiger partial charge in [0.2, 0.25) is 11.8 Å². The van der Waals surface area contributed by atoms with Gasteiger partial charge in [0, 0.05) is 48.8 Å². The highest BCUT2D eigenvalue weighted by Gasteiger charge is 2.43. The number of benzene rings is 1. The summed E-state index contributed by atoms with van der Waals surface area (Å²) in [6, 6.07) is 10.5. The van der Waals surface area contributed by atoms with Crippen molar-refractivity contribution in [1.29, 1.82) is 0 Å². The molecule has 1 aliphatic heterocycles. The summed E-state index contributed by atoms with van der Waals surface area (Å²) in [5.41, 5.74) is 7.33. The van der Waals surface area contributed by atoms with Gasteiger partial charge in [-0.3, -0.25) is 13.6 Å². The third-order valence-corrected chi connectivity index (χ3v) is 10.5. The number of rotatable bonds is 5. The Labute approximate surface area is 260 Å². The van der Waals surface area contributed by atoms with E-state index < -0.39 is 11.4 Å². The Morgan fingerprint density at radius 3 is 2.70 bits per heavy atom. The lowest BCUT2D eigenvalue weighted by Crippen LogP contribution is -2.48. The van der Waals surface area contributed by atoms with Crippen molar-refractivity contribution in [3.8, 4) is 0 Å². The molecule has 13 heteroatoms. The minimum absolute atomic E-state index is 0.157. The van der Waals surface area contributed by atoms with Crippen molar-refractivity contribution >= 4 is 58.1 Å². The normalized spacial score (nSPS) is 18.6. The lowest BCUT2D eigenvalue weighted by Gasteiger charge is -2.42. The molecule has 5 aromatic rings. The van der Waals surface area contributed by atoms with Gasteiger partial charge in [-0.05, 0) is 55.4 Å². The summed E-state index contributed by atoms with van der Waals surface area (Å²) in [4.78, 5) is 41.8. The number of aliphatic hydroxyl groups excluding tert-OH is 1. The SMILES string of the molecule is N[C@@H]1CCCC12CCN(c1ncc(Sc3cccc(N/C(O)=c4\c(=O)nc5ccccn5c4=C=O)c3Cl)c3nccn13)CC2. The van der Waals surface area contributed by atoms with Gasteiger partial charge >= 0.3 is 0 Å². The van der Waals surface area contributed by atoms with Gasteiger partial charge in [-0.15, -0.1) is 0 Å². The minimum Gasteiger partial charge on any atom is -0.494 e. The largest absolute Gasteiger partial charge is 0.494 e. The standard InChI is InChI=1S/C31H29ClN8O3S/c32-26-19(36-28(42)25-20(18-41)39-13-2-1-8-24(39)37-29(25)43)5-3-6-21(26)44-22-17-35-30(40-16-12-34-27(22)40)38-14-10-31(11-15-38)9-4-7-23(31)33/h1-3,5-6,8,12-13,16-17,23,36,42H,4,7,9-11,14-15,33H2/b28-25+/t23-/m1/s1. The first-order chi connectivity index (χ1) is 21.4. The maximum atomic E-state index is 12.8. The summed E-state index contributed by atoms with van der Waals surface area (Å²) in [5, 5.41) is 13.6. The van der Waals surface area contributed by atoms with E-state index in [9.17, 15) is 14.7 Å². The number of halogens is 1. The number of piperidine rings is 1. The fourth-order valence-electron chi connectivity index (χ4n) is 6.53. The summed E-state index contributed by atoms with van der Waals surface area (Å²) in [6.45, 7) is 1.81. The Bertz CT molecular complexity index is 2120. The quantitative estimate of drug-likeness (QED) is 0.266. The van der Waals surface area contributed by atoms with Crippen LogP contribution in [0.25, 0.3) is 17.2 Å². The number of anilines is 2. The molecule has 2 fully saturated rings. The van der Waals surface area contributed by atoms with Crippen LogP contribution >= 0.6 is 23.4 Å². The second kappa shape index (κ2) is 11.3. The van der Waals surface area contributed by atoms with Gasteiger partial charge in [0.1, 0.15) is 10.9 Å². The third kappa shape index (κ3) is 4.80. The van der Waals surface area contributed by atoms with Crippen LogP contribution in [0.5, 0.6) is 0 Å². The van der Waals surface area contributed by atoms with Crippen LogP contribution in [0.3, 0.4) is 0 Å². The lowest BCUT2D eigenvalue weighted by atomic mass is 9.74. The van der Waals surface area contributed by atoms with Crippen LogP contribution in [0.15, 0.2) is 75.8 Å². The first-order valence-electron chi connectivity index (χ1n) is 14.4. The average molecular weight is 629 g/mol. The number of carbonyl (C=O) groups excluding carboxylic acids is 1. The fourth-order valence-corrected chi connectivity index (χ4v) is 7.75. The van der Waals surface area contributed by atoms with Gasteiger partial charge < -0.3 is 21.1 Å². The molecule has 7 rings (SSSR count). The number of aromatic nitrogens is 5. The Morgan fingerprint density at radius 2 is 1.93 bits per heavy atom. The summed E-state index contributed by atoms with van der Waals surface area (Å²) < 4.78 is 3.38. The van der Waals surface area contributed by atoms with Gasteiger partial charge in [-0.25, -0.2) is 14.8 Å². The Balaban J connectivity index is 1.18. The molecule has 44 heavy (non-hydrogen) atoms. The van der Waals surface area contributed by atoms with Crippen LogP contribution in [0, 0.1) is 5.41 Å². The van der Waals surface area contributed by atoms with Gasteiger partial charge in [0.15, 0.2) is 16.9 Å². The van der Waals surface area contributed by atoms with Crippen LogP contribution in [0.4, 0.5) is 11.6 Å². The van der Waals surface area contributed by atoms with Crippen molar-refractivity contribution in [3.63, 3.8) is 0 Å². The summed E-state index contributed by atoms with van der Waals surface area (Å²) in [6.07, 6.45) is 12.7. The smallest absolute Gasteiger partial charge is 0.287 e. The highest BCUT2D eigenvalue weighted by molar-refractivity contribution is 7.99. The summed E-state index contributed by atoms with van der Waals surface area (Å²) in [7, 11) is 0. The number of hydrogen-bond acceptors (Lipinski definition) is 10. The number of nitrogens with one attached hydrogen (secondary N) is 1. The molecule has 11 nitrogen and oxygen atoms in total. The Morgan fingerprint density at radius 1 is 1.09 bits per heavy atom. The molecule has 1 atom stereocenters. The summed E-state index contributed by atoms with van der Waals surface area (Å²) in [5.74, 6) is 2.04. The molecule has 0 amide bonds. The number of aliphatic hydroxyl groups is 1. The average Bonchev–Trinajstić information content (AvgIpc) is 3.66. The molecule has 2 aliphatic rings. The van der Waals surface area contributed by atoms with E-state index in [-0.39, 0.29) is 27.7 Å². The predicted octanol–water partition coefficient (Wildman–Crippen LogP) is 2.88. The molecule has 5 heterocycles. The third-order valence-electron chi connectivity index (χ3n) is 8.91. The van der Waals surface area contributed by atoms with Crippen molar-refractivity contribution < 1.29 is 9.90 Å². The second-order valence-electron chi connectivity index (χ2n) is 11.3. The van der Waals surface area contributed by atoms with E-state index in [4.69, 9.17) is 22.3 Å². The molecular weight excluding hydrogens is 600 g/mol. The van der Waals surface area contributed by atoms with Gasteiger partial charge in [-0.1, -0.05) is 41.9 Å².